The molecule has 1 amide bonds. The van der Waals surface area contributed by atoms with Crippen LogP contribution in [-0.2, 0) is 6.42 Å². The topological polar surface area (TPSA) is 47.6 Å². The van der Waals surface area contributed by atoms with E-state index in [1.807, 2.05) is 26.0 Å². The summed E-state index contributed by atoms with van der Waals surface area (Å²) >= 11 is 0. The zero-order valence-corrected chi connectivity index (χ0v) is 13.7. The van der Waals surface area contributed by atoms with Gasteiger partial charge in [-0.1, -0.05) is 13.0 Å². The Hall–Kier alpha value is -2.56. The van der Waals surface area contributed by atoms with Gasteiger partial charge in [0.15, 0.2) is 11.5 Å². The van der Waals surface area contributed by atoms with Gasteiger partial charge in [-0.2, -0.15) is 0 Å². The third-order valence-electron chi connectivity index (χ3n) is 3.71. The van der Waals surface area contributed by atoms with Gasteiger partial charge in [0, 0.05) is 11.8 Å². The van der Waals surface area contributed by atoms with Crippen molar-refractivity contribution in [1.82, 2.24) is 0 Å². The Morgan fingerprint density at radius 1 is 1.13 bits per heavy atom. The number of carbonyl (C=O) groups excluding carboxylic acids is 1. The fourth-order valence-corrected chi connectivity index (χ4v) is 2.36. The third kappa shape index (κ3) is 3.62. The van der Waals surface area contributed by atoms with Crippen molar-refractivity contribution in [3.8, 4) is 11.5 Å². The first kappa shape index (κ1) is 16.8. The first-order chi connectivity index (χ1) is 11.0. The molecule has 4 nitrogen and oxygen atoms in total. The molecule has 0 unspecified atom stereocenters. The average molecular weight is 317 g/mol. The van der Waals surface area contributed by atoms with Gasteiger partial charge in [-0.3, -0.25) is 4.79 Å². The highest BCUT2D eigenvalue weighted by molar-refractivity contribution is 6.05. The molecule has 0 fully saturated rings. The van der Waals surface area contributed by atoms with E-state index in [4.69, 9.17) is 9.47 Å². The van der Waals surface area contributed by atoms with Crippen molar-refractivity contribution in [2.45, 2.75) is 20.3 Å². The van der Waals surface area contributed by atoms with E-state index in [0.29, 0.717) is 11.4 Å². The summed E-state index contributed by atoms with van der Waals surface area (Å²) in [5, 5.41) is 2.71. The quantitative estimate of drug-likeness (QED) is 0.908. The summed E-state index contributed by atoms with van der Waals surface area (Å²) in [5.74, 6) is -0.653. The molecule has 0 saturated carbocycles. The number of methoxy groups -OCH3 is 2. The lowest BCUT2D eigenvalue weighted by Gasteiger charge is -2.12. The first-order valence-corrected chi connectivity index (χ1v) is 7.32. The highest BCUT2D eigenvalue weighted by Gasteiger charge is 2.17. The monoisotopic (exact) mass is 317 g/mol. The van der Waals surface area contributed by atoms with Crippen molar-refractivity contribution in [2.24, 2.45) is 0 Å². The maximum atomic E-state index is 14.1. The Labute approximate surface area is 135 Å². The van der Waals surface area contributed by atoms with Gasteiger partial charge in [0.2, 0.25) is 0 Å². The summed E-state index contributed by atoms with van der Waals surface area (Å²) < 4.78 is 24.2. The number of hydrogen-bond donors (Lipinski definition) is 1. The number of amides is 1. The number of halogens is 1. The fraction of sp³-hybridized carbons (Fsp3) is 0.278. The summed E-state index contributed by atoms with van der Waals surface area (Å²) in [5.41, 5.74) is 2.83. The summed E-state index contributed by atoms with van der Waals surface area (Å²) in [7, 11) is 2.85. The van der Waals surface area contributed by atoms with Gasteiger partial charge >= 0.3 is 0 Å². The first-order valence-electron chi connectivity index (χ1n) is 7.32. The molecule has 0 heterocycles. The lowest BCUT2D eigenvalue weighted by Crippen LogP contribution is -2.14. The molecule has 2 rings (SSSR count). The number of anilines is 1. The Kier molecular flexibility index (Phi) is 5.21. The van der Waals surface area contributed by atoms with E-state index < -0.39 is 11.7 Å². The minimum Gasteiger partial charge on any atom is -0.493 e. The predicted octanol–water partition coefficient (Wildman–Crippen LogP) is 3.97. The molecule has 0 spiro atoms. The maximum absolute atomic E-state index is 14.1. The largest absolute Gasteiger partial charge is 0.493 e. The molecular formula is C18H20FNO3. The van der Waals surface area contributed by atoms with E-state index in [1.165, 1.54) is 20.3 Å². The van der Waals surface area contributed by atoms with Gasteiger partial charge in [-0.05, 0) is 42.7 Å². The number of carbonyl (C=O) groups is 1. The second kappa shape index (κ2) is 7.13. The van der Waals surface area contributed by atoms with Gasteiger partial charge in [0.1, 0.15) is 5.82 Å². The number of benzene rings is 2. The van der Waals surface area contributed by atoms with Crippen LogP contribution in [0, 0.1) is 12.7 Å². The molecule has 1 N–H and O–H groups in total. The van der Waals surface area contributed by atoms with E-state index in [2.05, 4.69) is 5.32 Å². The van der Waals surface area contributed by atoms with Crippen molar-refractivity contribution < 1.29 is 18.7 Å². The molecule has 0 saturated heterocycles. The standard InChI is InChI=1S/C18H20FNO3/c1-5-12-8-13(7-6-11(12)2)20-18(21)14-9-16(22-3)17(23-4)10-15(14)19/h6-10H,5H2,1-4H3,(H,20,21). The van der Waals surface area contributed by atoms with Crippen LogP contribution in [0.25, 0.3) is 0 Å². The van der Waals surface area contributed by atoms with Crippen molar-refractivity contribution in [3.05, 3.63) is 52.8 Å². The summed E-state index contributed by atoms with van der Waals surface area (Å²) in [6.45, 7) is 4.06. The molecule has 0 aliphatic rings. The second-order valence-electron chi connectivity index (χ2n) is 5.14. The van der Waals surface area contributed by atoms with Crippen LogP contribution in [0.1, 0.15) is 28.4 Å². The third-order valence-corrected chi connectivity index (χ3v) is 3.71. The smallest absolute Gasteiger partial charge is 0.258 e. The van der Waals surface area contributed by atoms with Crippen LogP contribution < -0.4 is 14.8 Å². The second-order valence-corrected chi connectivity index (χ2v) is 5.14. The molecule has 2 aromatic carbocycles. The molecule has 0 bridgehead atoms. The zero-order valence-electron chi connectivity index (χ0n) is 13.7. The van der Waals surface area contributed by atoms with Crippen LogP contribution in [0.3, 0.4) is 0 Å². The van der Waals surface area contributed by atoms with E-state index in [9.17, 15) is 9.18 Å². The highest BCUT2D eigenvalue weighted by Crippen LogP contribution is 2.30. The minimum absolute atomic E-state index is 0.0960. The molecule has 0 aliphatic heterocycles. The molecule has 0 atom stereocenters. The Morgan fingerprint density at radius 3 is 2.39 bits per heavy atom. The van der Waals surface area contributed by atoms with Crippen LogP contribution >= 0.6 is 0 Å². The van der Waals surface area contributed by atoms with E-state index in [1.54, 1.807) is 6.07 Å². The fourth-order valence-electron chi connectivity index (χ4n) is 2.36. The lowest BCUT2D eigenvalue weighted by molar-refractivity contribution is 0.102. The maximum Gasteiger partial charge on any atom is 0.258 e. The summed E-state index contributed by atoms with van der Waals surface area (Å²) in [4.78, 5) is 12.3. The van der Waals surface area contributed by atoms with Crippen LogP contribution in [0.5, 0.6) is 11.5 Å². The molecule has 0 aromatic heterocycles. The van der Waals surface area contributed by atoms with Gasteiger partial charge < -0.3 is 14.8 Å². The van der Waals surface area contributed by atoms with Crippen LogP contribution in [0.15, 0.2) is 30.3 Å². The zero-order chi connectivity index (χ0) is 17.0. The molecular weight excluding hydrogens is 297 g/mol. The number of nitrogens with one attached hydrogen (secondary N) is 1. The normalized spacial score (nSPS) is 10.3. The van der Waals surface area contributed by atoms with Crippen LogP contribution in [0.2, 0.25) is 0 Å². The van der Waals surface area contributed by atoms with Crippen molar-refractivity contribution in [2.75, 3.05) is 19.5 Å². The molecule has 2 aromatic rings. The van der Waals surface area contributed by atoms with Gasteiger partial charge in [0.05, 0.1) is 19.8 Å². The van der Waals surface area contributed by atoms with E-state index >= 15 is 0 Å². The molecule has 23 heavy (non-hydrogen) atoms. The van der Waals surface area contributed by atoms with Crippen molar-refractivity contribution in [1.29, 1.82) is 0 Å². The number of ether oxygens (including phenoxy) is 2. The minimum atomic E-state index is -0.664. The van der Waals surface area contributed by atoms with E-state index in [-0.39, 0.29) is 11.3 Å². The molecule has 122 valence electrons. The predicted molar refractivity (Wildman–Crippen MR) is 88.0 cm³/mol. The number of rotatable bonds is 5. The summed E-state index contributed by atoms with van der Waals surface area (Å²) in [6.07, 6.45) is 0.861. The van der Waals surface area contributed by atoms with Crippen LogP contribution in [0.4, 0.5) is 10.1 Å². The summed E-state index contributed by atoms with van der Waals surface area (Å²) in [6, 6.07) is 8.09. The lowest BCUT2D eigenvalue weighted by atomic mass is 10.1. The highest BCUT2D eigenvalue weighted by atomic mass is 19.1. The number of hydrogen-bond acceptors (Lipinski definition) is 3. The Bertz CT molecular complexity index is 728. The van der Waals surface area contributed by atoms with Gasteiger partial charge in [-0.15, -0.1) is 0 Å². The van der Waals surface area contributed by atoms with Crippen LogP contribution in [-0.4, -0.2) is 20.1 Å². The van der Waals surface area contributed by atoms with Gasteiger partial charge in [0.25, 0.3) is 5.91 Å². The number of aryl methyl sites for hydroxylation is 2. The molecule has 0 aliphatic carbocycles. The average Bonchev–Trinajstić information content (AvgIpc) is 2.56. The molecule has 0 radical (unpaired) electrons. The van der Waals surface area contributed by atoms with E-state index in [0.717, 1.165) is 23.6 Å². The Balaban J connectivity index is 2.30. The van der Waals surface area contributed by atoms with Crippen molar-refractivity contribution >= 4 is 11.6 Å². The Morgan fingerprint density at radius 2 is 1.78 bits per heavy atom. The van der Waals surface area contributed by atoms with Crippen molar-refractivity contribution in [3.63, 3.8) is 0 Å². The van der Waals surface area contributed by atoms with Gasteiger partial charge in [-0.25, -0.2) is 4.39 Å². The molecule has 5 heteroatoms. The SMILES string of the molecule is CCc1cc(NC(=O)c2cc(OC)c(OC)cc2F)ccc1C.